The van der Waals surface area contributed by atoms with E-state index in [1.54, 1.807) is 28.4 Å². The first-order valence-corrected chi connectivity index (χ1v) is 12.2. The van der Waals surface area contributed by atoms with Crippen LogP contribution in [0.4, 0.5) is 0 Å². The number of rotatable bonds is 8. The van der Waals surface area contributed by atoms with Crippen LogP contribution in [0.3, 0.4) is 0 Å². The Morgan fingerprint density at radius 2 is 1.40 bits per heavy atom. The summed E-state index contributed by atoms with van der Waals surface area (Å²) in [7, 11) is 10.7. The number of nitrogens with zero attached hydrogens (tertiary/aromatic N) is 2. The standard InChI is InChI=1S/C17H26N2O3.C11H14O2/c1-18(2)7-5-8-19-9-6-13-10-15(21-3)16(22-4)11-14(13)12-17(19)20;1-7-4-8-5-10(12-2)11(13-3)6-9(7)8/h10-11H,5-9,12H2,1-4H3;5-7H,4H2,1-3H3. The zero-order valence-electron chi connectivity index (χ0n) is 22.3. The molecule has 0 N–H and O–H groups in total. The van der Waals surface area contributed by atoms with Gasteiger partial charge in [0, 0.05) is 13.1 Å². The van der Waals surface area contributed by atoms with Gasteiger partial charge in [-0.1, -0.05) is 6.92 Å². The van der Waals surface area contributed by atoms with Crippen molar-refractivity contribution >= 4 is 5.91 Å². The van der Waals surface area contributed by atoms with Crippen LogP contribution in [0.5, 0.6) is 23.0 Å². The van der Waals surface area contributed by atoms with Gasteiger partial charge < -0.3 is 28.7 Å². The molecule has 0 aromatic heterocycles. The third-order valence-electron chi connectivity index (χ3n) is 6.79. The van der Waals surface area contributed by atoms with E-state index >= 15 is 0 Å². The first-order valence-electron chi connectivity index (χ1n) is 12.2. The summed E-state index contributed by atoms with van der Waals surface area (Å²) in [6.45, 7) is 4.82. The average molecular weight is 485 g/mol. The second-order valence-corrected chi connectivity index (χ2v) is 9.45. The van der Waals surface area contributed by atoms with Crippen molar-refractivity contribution < 1.29 is 23.7 Å². The van der Waals surface area contributed by atoms with Crippen LogP contribution in [0.2, 0.25) is 0 Å². The maximum atomic E-state index is 12.4. The van der Waals surface area contributed by atoms with Gasteiger partial charge in [0.2, 0.25) is 5.91 Å². The van der Waals surface area contributed by atoms with Crippen molar-refractivity contribution in [2.24, 2.45) is 0 Å². The molecule has 0 fully saturated rings. The van der Waals surface area contributed by atoms with Crippen LogP contribution < -0.4 is 18.9 Å². The van der Waals surface area contributed by atoms with Crippen LogP contribution in [-0.2, 0) is 24.1 Å². The summed E-state index contributed by atoms with van der Waals surface area (Å²) < 4.78 is 21.1. The van der Waals surface area contributed by atoms with Gasteiger partial charge in [-0.15, -0.1) is 0 Å². The lowest BCUT2D eigenvalue weighted by Gasteiger charge is -2.28. The predicted octanol–water partition coefficient (Wildman–Crippen LogP) is 3.95. The van der Waals surface area contributed by atoms with E-state index in [2.05, 4.69) is 38.1 Å². The van der Waals surface area contributed by atoms with Crippen molar-refractivity contribution in [2.45, 2.75) is 38.5 Å². The fourth-order valence-electron chi connectivity index (χ4n) is 4.71. The van der Waals surface area contributed by atoms with Gasteiger partial charge >= 0.3 is 0 Å². The molecule has 4 rings (SSSR count). The minimum atomic E-state index is 0.199. The highest BCUT2D eigenvalue weighted by molar-refractivity contribution is 5.80. The molecule has 1 aliphatic carbocycles. The van der Waals surface area contributed by atoms with E-state index in [1.807, 2.05) is 17.0 Å². The summed E-state index contributed by atoms with van der Waals surface area (Å²) in [5.74, 6) is 3.98. The Balaban J connectivity index is 0.000000223. The summed E-state index contributed by atoms with van der Waals surface area (Å²) in [6, 6.07) is 8.11. The van der Waals surface area contributed by atoms with Gasteiger partial charge in [0.15, 0.2) is 23.0 Å². The van der Waals surface area contributed by atoms with Crippen molar-refractivity contribution in [3.8, 4) is 23.0 Å². The number of carbonyl (C=O) groups excluding carboxylic acids is 1. The molecule has 1 atom stereocenters. The van der Waals surface area contributed by atoms with Crippen molar-refractivity contribution in [1.82, 2.24) is 9.80 Å². The summed E-state index contributed by atoms with van der Waals surface area (Å²) >= 11 is 0. The average Bonchev–Trinajstić information content (AvgIpc) is 3.00. The van der Waals surface area contributed by atoms with Gasteiger partial charge in [-0.05, 0) is 92.3 Å². The first-order chi connectivity index (χ1) is 16.8. The first kappa shape index (κ1) is 26.7. The number of benzene rings is 2. The maximum absolute atomic E-state index is 12.4. The molecule has 35 heavy (non-hydrogen) atoms. The summed E-state index contributed by atoms with van der Waals surface area (Å²) in [6.07, 6.45) is 3.47. The van der Waals surface area contributed by atoms with Gasteiger partial charge in [-0.25, -0.2) is 0 Å². The van der Waals surface area contributed by atoms with Gasteiger partial charge in [0.25, 0.3) is 0 Å². The molecule has 0 radical (unpaired) electrons. The van der Waals surface area contributed by atoms with Gasteiger partial charge in [0.05, 0.1) is 34.9 Å². The minimum Gasteiger partial charge on any atom is -0.493 e. The Hall–Kier alpha value is -2.93. The lowest BCUT2D eigenvalue weighted by molar-refractivity contribution is -0.130. The van der Waals surface area contributed by atoms with Crippen LogP contribution in [0, 0.1) is 0 Å². The second kappa shape index (κ2) is 12.2. The molecule has 2 aromatic rings. The number of fused-ring (bicyclic) bond motifs is 2. The zero-order valence-corrected chi connectivity index (χ0v) is 22.3. The molecule has 0 spiro atoms. The normalized spacial score (nSPS) is 16.3. The van der Waals surface area contributed by atoms with Gasteiger partial charge in [-0.2, -0.15) is 0 Å². The Labute approximate surface area is 209 Å². The summed E-state index contributed by atoms with van der Waals surface area (Å²) in [4.78, 5) is 16.6. The molecule has 7 heteroatoms. The van der Waals surface area contributed by atoms with Crippen LogP contribution in [-0.4, -0.2) is 77.9 Å². The molecule has 0 saturated heterocycles. The number of carbonyl (C=O) groups is 1. The summed E-state index contributed by atoms with van der Waals surface area (Å²) in [5, 5.41) is 0. The Bertz CT molecular complexity index is 1020. The number of amides is 1. The van der Waals surface area contributed by atoms with Crippen molar-refractivity contribution in [2.75, 3.05) is 62.2 Å². The molecular formula is C28H40N2O5. The lowest BCUT2D eigenvalue weighted by Crippen LogP contribution is -2.34. The number of hydrogen-bond acceptors (Lipinski definition) is 6. The molecule has 2 aromatic carbocycles. The fourth-order valence-corrected chi connectivity index (χ4v) is 4.71. The topological polar surface area (TPSA) is 60.5 Å². The van der Waals surface area contributed by atoms with Crippen molar-refractivity contribution in [3.63, 3.8) is 0 Å². The van der Waals surface area contributed by atoms with Crippen LogP contribution in [0.25, 0.3) is 0 Å². The molecule has 1 amide bonds. The van der Waals surface area contributed by atoms with Crippen molar-refractivity contribution in [3.05, 3.63) is 46.5 Å². The predicted molar refractivity (Wildman–Crippen MR) is 138 cm³/mol. The number of hydrogen-bond donors (Lipinski definition) is 0. The highest BCUT2D eigenvalue weighted by atomic mass is 16.5. The zero-order chi connectivity index (χ0) is 25.5. The highest BCUT2D eigenvalue weighted by Gasteiger charge is 2.24. The second-order valence-electron chi connectivity index (χ2n) is 9.45. The maximum Gasteiger partial charge on any atom is 0.227 e. The SMILES string of the molecule is COc1cc2c(cc1OC)C(C)C2.COc1cc2c(cc1OC)CC(=O)N(CCCN(C)C)CC2. The monoisotopic (exact) mass is 484 g/mol. The fraction of sp³-hybridized carbons (Fsp3) is 0.536. The van der Waals surface area contributed by atoms with E-state index in [4.69, 9.17) is 18.9 Å². The molecule has 0 saturated carbocycles. The highest BCUT2D eigenvalue weighted by Crippen LogP contribution is 2.41. The van der Waals surface area contributed by atoms with E-state index in [0.29, 0.717) is 18.1 Å². The van der Waals surface area contributed by atoms with E-state index in [0.717, 1.165) is 61.7 Å². The molecular weight excluding hydrogens is 444 g/mol. The molecule has 1 aliphatic heterocycles. The van der Waals surface area contributed by atoms with Crippen LogP contribution >= 0.6 is 0 Å². The van der Waals surface area contributed by atoms with Gasteiger partial charge in [0.1, 0.15) is 0 Å². The molecule has 0 bridgehead atoms. The van der Waals surface area contributed by atoms with E-state index in [-0.39, 0.29) is 5.91 Å². The quantitative estimate of drug-likeness (QED) is 0.566. The number of methoxy groups -OCH3 is 4. The van der Waals surface area contributed by atoms with E-state index in [1.165, 1.54) is 16.7 Å². The molecule has 1 heterocycles. The largest absolute Gasteiger partial charge is 0.493 e. The third kappa shape index (κ3) is 6.40. The third-order valence-corrected chi connectivity index (χ3v) is 6.79. The summed E-state index contributed by atoms with van der Waals surface area (Å²) in [5.41, 5.74) is 5.03. The van der Waals surface area contributed by atoms with E-state index < -0.39 is 0 Å². The van der Waals surface area contributed by atoms with Crippen LogP contribution in [0.15, 0.2) is 24.3 Å². The minimum absolute atomic E-state index is 0.199. The van der Waals surface area contributed by atoms with Gasteiger partial charge in [-0.3, -0.25) is 4.79 Å². The Morgan fingerprint density at radius 1 is 0.857 bits per heavy atom. The Kier molecular flexibility index (Phi) is 9.26. The molecule has 2 aliphatic rings. The number of ether oxygens (including phenoxy) is 4. The van der Waals surface area contributed by atoms with Crippen molar-refractivity contribution in [1.29, 1.82) is 0 Å². The molecule has 1 unspecified atom stereocenters. The smallest absolute Gasteiger partial charge is 0.227 e. The molecule has 192 valence electrons. The van der Waals surface area contributed by atoms with Crippen LogP contribution in [0.1, 0.15) is 41.5 Å². The lowest BCUT2D eigenvalue weighted by atomic mass is 9.78. The Morgan fingerprint density at radius 3 is 1.94 bits per heavy atom. The molecule has 7 nitrogen and oxygen atoms in total. The van der Waals surface area contributed by atoms with E-state index in [9.17, 15) is 4.79 Å².